The molecule has 7 heteroatoms. The van der Waals surface area contributed by atoms with E-state index in [1.165, 1.54) is 6.92 Å². The fourth-order valence-electron chi connectivity index (χ4n) is 1.52. The van der Waals surface area contributed by atoms with Crippen molar-refractivity contribution in [3.8, 4) is 0 Å². The van der Waals surface area contributed by atoms with Gasteiger partial charge in [-0.1, -0.05) is 20.3 Å². The van der Waals surface area contributed by atoms with Gasteiger partial charge in [0, 0.05) is 6.54 Å². The summed E-state index contributed by atoms with van der Waals surface area (Å²) in [5.74, 6) is -6.85. The molecule has 1 rings (SSSR count). The molecule has 0 saturated carbocycles. The highest BCUT2D eigenvalue weighted by Gasteiger charge is 2.29. The Morgan fingerprint density at radius 2 is 1.68 bits per heavy atom. The van der Waals surface area contributed by atoms with Crippen LogP contribution in [0, 0.1) is 29.4 Å². The summed E-state index contributed by atoms with van der Waals surface area (Å²) in [5.41, 5.74) is -2.24. The van der Waals surface area contributed by atoms with E-state index in [-0.39, 0.29) is 12.5 Å². The van der Waals surface area contributed by atoms with Gasteiger partial charge in [0.2, 0.25) is 11.6 Å². The Balaban J connectivity index is 2.95. The van der Waals surface area contributed by atoms with Gasteiger partial charge in [-0.05, 0) is 12.8 Å². The fraction of sp³-hybridized carbons (Fsp3) is 0.583. The zero-order chi connectivity index (χ0) is 14.8. The molecule has 2 atom stereocenters. The second kappa shape index (κ2) is 5.73. The van der Waals surface area contributed by atoms with E-state index in [9.17, 15) is 22.7 Å². The van der Waals surface area contributed by atoms with Gasteiger partial charge in [-0.3, -0.25) is 0 Å². The van der Waals surface area contributed by atoms with Crippen LogP contribution >= 0.6 is 0 Å². The first-order valence-corrected chi connectivity index (χ1v) is 5.87. The Bertz CT molecular complexity index is 439. The number of nitrogens with one attached hydrogen (secondary N) is 1. The number of hydrogen-bond donors (Lipinski definition) is 2. The number of rotatable bonds is 5. The molecule has 2 N–H and O–H groups in total. The SMILES string of the molecule is CCC(C)C(C)(O)CNc1c(F)c(F)nc(F)c1F. The Labute approximate surface area is 108 Å². The fourth-order valence-corrected chi connectivity index (χ4v) is 1.52. The summed E-state index contributed by atoms with van der Waals surface area (Å²) in [6.45, 7) is 4.81. The second-order valence-corrected chi connectivity index (χ2v) is 4.72. The van der Waals surface area contributed by atoms with Gasteiger partial charge in [0.25, 0.3) is 11.9 Å². The largest absolute Gasteiger partial charge is 0.388 e. The summed E-state index contributed by atoms with van der Waals surface area (Å²) in [4.78, 5) is 2.44. The van der Waals surface area contributed by atoms with Crippen molar-refractivity contribution in [2.24, 2.45) is 5.92 Å². The van der Waals surface area contributed by atoms with E-state index < -0.39 is 34.8 Å². The maximum Gasteiger partial charge on any atom is 0.253 e. The normalized spacial score (nSPS) is 16.0. The summed E-state index contributed by atoms with van der Waals surface area (Å²) in [5, 5.41) is 12.3. The maximum absolute atomic E-state index is 13.3. The second-order valence-electron chi connectivity index (χ2n) is 4.72. The van der Waals surface area contributed by atoms with Crippen LogP contribution in [0.5, 0.6) is 0 Å². The minimum Gasteiger partial charge on any atom is -0.388 e. The lowest BCUT2D eigenvalue weighted by atomic mass is 9.88. The van der Waals surface area contributed by atoms with E-state index in [0.717, 1.165) is 0 Å². The number of aromatic nitrogens is 1. The van der Waals surface area contributed by atoms with Crippen molar-refractivity contribution in [3.63, 3.8) is 0 Å². The third kappa shape index (κ3) is 3.34. The average molecular weight is 280 g/mol. The monoisotopic (exact) mass is 280 g/mol. The minimum atomic E-state index is -1.73. The van der Waals surface area contributed by atoms with E-state index in [2.05, 4.69) is 10.3 Å². The molecule has 0 spiro atoms. The van der Waals surface area contributed by atoms with Crippen molar-refractivity contribution in [1.29, 1.82) is 0 Å². The molecule has 0 fully saturated rings. The lowest BCUT2D eigenvalue weighted by Gasteiger charge is -2.30. The van der Waals surface area contributed by atoms with Crippen LogP contribution in [0.25, 0.3) is 0 Å². The number of nitrogens with zero attached hydrogens (tertiary/aromatic N) is 1. The maximum atomic E-state index is 13.3. The molecule has 0 bridgehead atoms. The Kier molecular flexibility index (Phi) is 4.73. The van der Waals surface area contributed by atoms with Crippen LogP contribution in [0.1, 0.15) is 27.2 Å². The third-order valence-corrected chi connectivity index (χ3v) is 3.29. The molecule has 0 saturated heterocycles. The first-order chi connectivity index (χ1) is 8.70. The molecule has 2 unspecified atom stereocenters. The summed E-state index contributed by atoms with van der Waals surface area (Å²) >= 11 is 0. The molecule has 19 heavy (non-hydrogen) atoms. The summed E-state index contributed by atoms with van der Waals surface area (Å²) in [7, 11) is 0. The Hall–Kier alpha value is -1.37. The van der Waals surface area contributed by atoms with E-state index in [1.54, 1.807) is 6.92 Å². The first-order valence-electron chi connectivity index (χ1n) is 5.87. The highest BCUT2D eigenvalue weighted by Crippen LogP contribution is 2.25. The molecule has 0 aliphatic rings. The Morgan fingerprint density at radius 3 is 2.11 bits per heavy atom. The smallest absolute Gasteiger partial charge is 0.253 e. The molecular formula is C12H16F4N2O. The molecule has 0 aliphatic carbocycles. The van der Waals surface area contributed by atoms with Gasteiger partial charge >= 0.3 is 0 Å². The van der Waals surface area contributed by atoms with Crippen molar-refractivity contribution >= 4 is 5.69 Å². The first kappa shape index (κ1) is 15.7. The summed E-state index contributed by atoms with van der Waals surface area (Å²) < 4.78 is 52.4. The van der Waals surface area contributed by atoms with Gasteiger partial charge in [-0.25, -0.2) is 0 Å². The van der Waals surface area contributed by atoms with Crippen molar-refractivity contribution < 1.29 is 22.7 Å². The average Bonchev–Trinajstić information content (AvgIpc) is 2.35. The van der Waals surface area contributed by atoms with E-state index in [0.29, 0.717) is 6.42 Å². The van der Waals surface area contributed by atoms with Gasteiger partial charge in [0.15, 0.2) is 0 Å². The molecule has 0 aromatic carbocycles. The van der Waals surface area contributed by atoms with Crippen molar-refractivity contribution in [1.82, 2.24) is 4.98 Å². The summed E-state index contributed by atoms with van der Waals surface area (Å²) in [6, 6.07) is 0. The highest BCUT2D eigenvalue weighted by atomic mass is 19.2. The number of anilines is 1. The number of halogens is 4. The van der Waals surface area contributed by atoms with Crippen LogP contribution in [0.15, 0.2) is 0 Å². The highest BCUT2D eigenvalue weighted by molar-refractivity contribution is 5.45. The molecule has 0 radical (unpaired) electrons. The zero-order valence-electron chi connectivity index (χ0n) is 10.9. The quantitative estimate of drug-likeness (QED) is 0.644. The van der Waals surface area contributed by atoms with Gasteiger partial charge in [0.1, 0.15) is 5.69 Å². The molecule has 1 heterocycles. The minimum absolute atomic E-state index is 0.164. The van der Waals surface area contributed by atoms with Crippen LogP contribution < -0.4 is 5.32 Å². The van der Waals surface area contributed by atoms with Crippen molar-refractivity contribution in [3.05, 3.63) is 23.5 Å². The number of pyridine rings is 1. The molecular weight excluding hydrogens is 264 g/mol. The lowest BCUT2D eigenvalue weighted by Crippen LogP contribution is -2.40. The van der Waals surface area contributed by atoms with Crippen LogP contribution in [-0.2, 0) is 0 Å². The van der Waals surface area contributed by atoms with Crippen LogP contribution in [0.3, 0.4) is 0 Å². The molecule has 108 valence electrons. The molecule has 0 amide bonds. The van der Waals surface area contributed by atoms with E-state index >= 15 is 0 Å². The molecule has 0 aliphatic heterocycles. The Morgan fingerprint density at radius 1 is 1.21 bits per heavy atom. The summed E-state index contributed by atoms with van der Waals surface area (Å²) in [6.07, 6.45) is 0.638. The predicted octanol–water partition coefficient (Wildman–Crippen LogP) is 2.85. The van der Waals surface area contributed by atoms with E-state index in [1.807, 2.05) is 6.92 Å². The topological polar surface area (TPSA) is 45.1 Å². The van der Waals surface area contributed by atoms with Gasteiger partial charge in [-0.15, -0.1) is 0 Å². The van der Waals surface area contributed by atoms with Gasteiger partial charge < -0.3 is 10.4 Å². The lowest BCUT2D eigenvalue weighted by molar-refractivity contribution is 0.0174. The predicted molar refractivity (Wildman–Crippen MR) is 62.6 cm³/mol. The van der Waals surface area contributed by atoms with Gasteiger partial charge in [-0.2, -0.15) is 22.5 Å². The third-order valence-electron chi connectivity index (χ3n) is 3.29. The number of hydrogen-bond acceptors (Lipinski definition) is 3. The van der Waals surface area contributed by atoms with Crippen LogP contribution in [0.2, 0.25) is 0 Å². The standard InChI is InChI=1S/C12H16F4N2O/c1-4-6(2)12(3,19)5-17-9-7(13)10(15)18-11(16)8(9)14/h6,19H,4-5H2,1-3H3,(H,17,18). The molecule has 1 aromatic rings. The van der Waals surface area contributed by atoms with E-state index in [4.69, 9.17) is 0 Å². The van der Waals surface area contributed by atoms with Crippen molar-refractivity contribution in [2.75, 3.05) is 11.9 Å². The number of aliphatic hydroxyl groups is 1. The molecule has 1 aromatic heterocycles. The van der Waals surface area contributed by atoms with Crippen molar-refractivity contribution in [2.45, 2.75) is 32.8 Å². The van der Waals surface area contributed by atoms with Crippen LogP contribution in [0.4, 0.5) is 23.2 Å². The van der Waals surface area contributed by atoms with Gasteiger partial charge in [0.05, 0.1) is 5.60 Å². The van der Waals surface area contributed by atoms with Crippen LogP contribution in [-0.4, -0.2) is 22.2 Å². The zero-order valence-corrected chi connectivity index (χ0v) is 10.9. The molecule has 3 nitrogen and oxygen atoms in total.